The zero-order valence-corrected chi connectivity index (χ0v) is 9.93. The van der Waals surface area contributed by atoms with E-state index in [0.717, 1.165) is 36.2 Å². The highest BCUT2D eigenvalue weighted by Crippen LogP contribution is 2.31. The second-order valence-electron chi connectivity index (χ2n) is 4.65. The summed E-state index contributed by atoms with van der Waals surface area (Å²) in [7, 11) is 0. The highest BCUT2D eigenvalue weighted by molar-refractivity contribution is 5.39. The molecule has 0 spiro atoms. The van der Waals surface area contributed by atoms with Gasteiger partial charge in [-0.15, -0.1) is 0 Å². The zero-order valence-electron chi connectivity index (χ0n) is 9.93. The normalized spacial score (nSPS) is 19.1. The van der Waals surface area contributed by atoms with E-state index in [0.29, 0.717) is 0 Å². The first-order valence-corrected chi connectivity index (χ1v) is 6.07. The van der Waals surface area contributed by atoms with Crippen LogP contribution in [-0.2, 0) is 6.42 Å². The number of aliphatic hydroxyl groups excluding tert-OH is 1. The highest BCUT2D eigenvalue weighted by Gasteiger charge is 2.21. The smallest absolute Gasteiger partial charge is 0.0807 e. The van der Waals surface area contributed by atoms with Crippen molar-refractivity contribution in [2.24, 2.45) is 0 Å². The maximum absolute atomic E-state index is 9.95. The number of rotatable bonds is 1. The molecule has 17 heavy (non-hydrogen) atoms. The molecule has 0 fully saturated rings. The van der Waals surface area contributed by atoms with Gasteiger partial charge in [0.1, 0.15) is 0 Å². The number of hydrogen-bond donors (Lipinski definition) is 1. The lowest BCUT2D eigenvalue weighted by molar-refractivity contribution is 0.156. The van der Waals surface area contributed by atoms with Crippen molar-refractivity contribution >= 4 is 0 Å². The van der Waals surface area contributed by atoms with Gasteiger partial charge in [-0.25, -0.2) is 0 Å². The molecule has 1 unspecified atom stereocenters. The summed E-state index contributed by atoms with van der Waals surface area (Å²) in [5.74, 6) is 0. The Labute approximate surface area is 101 Å². The molecule has 0 aromatic carbocycles. The standard InChI is InChI=1S/C14H16N2O/c1-10-9-11(5-7-15-10)16-8-6-12-13(16)3-2-4-14(12)17/h5-9,14,17H,2-4H2,1H3. The fourth-order valence-electron chi connectivity index (χ4n) is 2.59. The van der Waals surface area contributed by atoms with Crippen molar-refractivity contribution in [1.82, 2.24) is 9.55 Å². The van der Waals surface area contributed by atoms with Crippen molar-refractivity contribution in [3.05, 3.63) is 47.5 Å². The van der Waals surface area contributed by atoms with Gasteiger partial charge < -0.3 is 9.67 Å². The van der Waals surface area contributed by atoms with E-state index in [9.17, 15) is 5.11 Å². The Morgan fingerprint density at radius 2 is 2.29 bits per heavy atom. The Hall–Kier alpha value is -1.61. The summed E-state index contributed by atoms with van der Waals surface area (Å²) in [6.45, 7) is 1.99. The summed E-state index contributed by atoms with van der Waals surface area (Å²) in [5.41, 5.74) is 4.48. The van der Waals surface area contributed by atoms with Crippen molar-refractivity contribution in [2.45, 2.75) is 32.3 Å². The molecule has 1 aliphatic carbocycles. The Bertz CT molecular complexity index is 545. The summed E-state index contributed by atoms with van der Waals surface area (Å²) < 4.78 is 2.17. The average Bonchev–Trinajstić information content (AvgIpc) is 2.74. The van der Waals surface area contributed by atoms with Crippen LogP contribution in [0.1, 0.15) is 35.9 Å². The summed E-state index contributed by atoms with van der Waals surface area (Å²) in [5, 5.41) is 9.95. The third-order valence-electron chi connectivity index (χ3n) is 3.44. The fraction of sp³-hybridized carbons (Fsp3) is 0.357. The van der Waals surface area contributed by atoms with Gasteiger partial charge >= 0.3 is 0 Å². The molecule has 0 saturated carbocycles. The molecule has 0 radical (unpaired) electrons. The molecular formula is C14H16N2O. The minimum Gasteiger partial charge on any atom is -0.388 e. The molecule has 3 nitrogen and oxygen atoms in total. The first-order valence-electron chi connectivity index (χ1n) is 6.07. The monoisotopic (exact) mass is 228 g/mol. The zero-order chi connectivity index (χ0) is 11.8. The van der Waals surface area contributed by atoms with E-state index in [-0.39, 0.29) is 6.10 Å². The number of aryl methyl sites for hydroxylation is 1. The molecule has 0 bridgehead atoms. The van der Waals surface area contributed by atoms with Crippen LogP contribution in [0.15, 0.2) is 30.6 Å². The van der Waals surface area contributed by atoms with Crippen LogP contribution in [0.25, 0.3) is 5.69 Å². The van der Waals surface area contributed by atoms with E-state index < -0.39 is 0 Å². The summed E-state index contributed by atoms with van der Waals surface area (Å²) in [4.78, 5) is 4.21. The van der Waals surface area contributed by atoms with Crippen molar-refractivity contribution in [3.63, 3.8) is 0 Å². The Morgan fingerprint density at radius 1 is 1.41 bits per heavy atom. The van der Waals surface area contributed by atoms with Gasteiger partial charge in [-0.3, -0.25) is 4.98 Å². The van der Waals surface area contributed by atoms with E-state index >= 15 is 0 Å². The van der Waals surface area contributed by atoms with Gasteiger partial charge in [-0.1, -0.05) is 0 Å². The van der Waals surface area contributed by atoms with Gasteiger partial charge in [0.05, 0.1) is 6.10 Å². The SMILES string of the molecule is Cc1cc(-n2ccc3c2CCCC3O)ccn1. The van der Waals surface area contributed by atoms with Crippen molar-refractivity contribution in [2.75, 3.05) is 0 Å². The molecule has 3 rings (SSSR count). The van der Waals surface area contributed by atoms with Crippen LogP contribution < -0.4 is 0 Å². The lowest BCUT2D eigenvalue weighted by Gasteiger charge is -2.20. The number of nitrogens with zero attached hydrogens (tertiary/aromatic N) is 2. The average molecular weight is 228 g/mol. The minimum absolute atomic E-state index is 0.289. The van der Waals surface area contributed by atoms with E-state index in [2.05, 4.69) is 15.6 Å². The van der Waals surface area contributed by atoms with Gasteiger partial charge in [0.15, 0.2) is 0 Å². The Kier molecular flexibility index (Phi) is 2.48. The van der Waals surface area contributed by atoms with Crippen LogP contribution >= 0.6 is 0 Å². The van der Waals surface area contributed by atoms with Crippen LogP contribution in [0.2, 0.25) is 0 Å². The lowest BCUT2D eigenvalue weighted by atomic mass is 9.95. The first kappa shape index (κ1) is 10.5. The van der Waals surface area contributed by atoms with E-state index in [1.807, 2.05) is 31.5 Å². The molecule has 0 aliphatic heterocycles. The third-order valence-corrected chi connectivity index (χ3v) is 3.44. The van der Waals surface area contributed by atoms with Crippen LogP contribution in [-0.4, -0.2) is 14.7 Å². The summed E-state index contributed by atoms with van der Waals surface area (Å²) >= 11 is 0. The Morgan fingerprint density at radius 3 is 3.12 bits per heavy atom. The van der Waals surface area contributed by atoms with Gasteiger partial charge in [-0.2, -0.15) is 0 Å². The predicted octanol–water partition coefficient (Wildman–Crippen LogP) is 2.55. The maximum Gasteiger partial charge on any atom is 0.0807 e. The molecule has 88 valence electrons. The van der Waals surface area contributed by atoms with Crippen molar-refractivity contribution in [3.8, 4) is 5.69 Å². The largest absolute Gasteiger partial charge is 0.388 e. The van der Waals surface area contributed by atoms with Gasteiger partial charge in [0, 0.05) is 35.0 Å². The molecule has 1 atom stereocenters. The van der Waals surface area contributed by atoms with E-state index in [1.165, 1.54) is 5.69 Å². The quantitative estimate of drug-likeness (QED) is 0.814. The maximum atomic E-state index is 9.95. The van der Waals surface area contributed by atoms with Crippen LogP contribution in [0.4, 0.5) is 0 Å². The van der Waals surface area contributed by atoms with Crippen LogP contribution in [0, 0.1) is 6.92 Å². The number of aromatic nitrogens is 2. The third kappa shape index (κ3) is 1.76. The van der Waals surface area contributed by atoms with Gasteiger partial charge in [0.25, 0.3) is 0 Å². The van der Waals surface area contributed by atoms with Crippen molar-refractivity contribution in [1.29, 1.82) is 0 Å². The summed E-state index contributed by atoms with van der Waals surface area (Å²) in [6.07, 6.45) is 6.57. The molecule has 2 heterocycles. The van der Waals surface area contributed by atoms with Gasteiger partial charge in [-0.05, 0) is 44.4 Å². The number of hydrogen-bond acceptors (Lipinski definition) is 2. The molecule has 0 amide bonds. The molecule has 2 aromatic rings. The van der Waals surface area contributed by atoms with Gasteiger partial charge in [0.2, 0.25) is 0 Å². The topological polar surface area (TPSA) is 38.0 Å². The predicted molar refractivity (Wildman–Crippen MR) is 66.2 cm³/mol. The van der Waals surface area contributed by atoms with E-state index in [4.69, 9.17) is 0 Å². The number of aliphatic hydroxyl groups is 1. The van der Waals surface area contributed by atoms with Crippen LogP contribution in [0.3, 0.4) is 0 Å². The number of pyridine rings is 1. The minimum atomic E-state index is -0.289. The molecular weight excluding hydrogens is 212 g/mol. The second-order valence-corrected chi connectivity index (χ2v) is 4.65. The molecule has 1 aliphatic rings. The molecule has 3 heteroatoms. The summed E-state index contributed by atoms with van der Waals surface area (Å²) in [6, 6.07) is 6.12. The molecule has 2 aromatic heterocycles. The second kappa shape index (κ2) is 4.00. The number of fused-ring (bicyclic) bond motifs is 1. The van der Waals surface area contributed by atoms with E-state index in [1.54, 1.807) is 0 Å². The van der Waals surface area contributed by atoms with Crippen molar-refractivity contribution < 1.29 is 5.11 Å². The first-order chi connectivity index (χ1) is 8.25. The lowest BCUT2D eigenvalue weighted by Crippen LogP contribution is -2.11. The molecule has 0 saturated heterocycles. The van der Waals surface area contributed by atoms with Crippen LogP contribution in [0.5, 0.6) is 0 Å². The highest BCUT2D eigenvalue weighted by atomic mass is 16.3. The molecule has 1 N–H and O–H groups in total. The fourth-order valence-corrected chi connectivity index (χ4v) is 2.59. The Balaban J connectivity index is 2.10.